The van der Waals surface area contributed by atoms with Gasteiger partial charge >= 0.3 is 0 Å². The Morgan fingerprint density at radius 2 is 2.07 bits per heavy atom. The molecule has 2 rings (SSSR count). The molecule has 1 heterocycles. The molecular weight excluding hydrogens is 272 g/mol. The molecular formula is C11H13BrN2S. The van der Waals surface area contributed by atoms with Crippen LogP contribution in [0.2, 0.25) is 0 Å². The zero-order valence-corrected chi connectivity index (χ0v) is 10.7. The van der Waals surface area contributed by atoms with Crippen LogP contribution in [0.3, 0.4) is 0 Å². The van der Waals surface area contributed by atoms with Gasteiger partial charge in [0.25, 0.3) is 0 Å². The van der Waals surface area contributed by atoms with Crippen molar-refractivity contribution in [3.05, 3.63) is 34.3 Å². The average molecular weight is 285 g/mol. The molecule has 0 aromatic heterocycles. The van der Waals surface area contributed by atoms with E-state index in [1.807, 2.05) is 0 Å². The van der Waals surface area contributed by atoms with Crippen LogP contribution in [0.15, 0.2) is 28.7 Å². The SMILES string of the molecule is NC(=S)N1CCCC1c1ccc(Br)cc1. The van der Waals surface area contributed by atoms with Crippen LogP contribution >= 0.6 is 28.1 Å². The van der Waals surface area contributed by atoms with Crippen LogP contribution in [-0.4, -0.2) is 16.6 Å². The summed E-state index contributed by atoms with van der Waals surface area (Å²) in [6.07, 6.45) is 2.30. The van der Waals surface area contributed by atoms with Gasteiger partial charge in [0.05, 0.1) is 6.04 Å². The number of benzene rings is 1. The van der Waals surface area contributed by atoms with Crippen molar-refractivity contribution in [1.82, 2.24) is 4.90 Å². The van der Waals surface area contributed by atoms with Gasteiger partial charge in [-0.3, -0.25) is 0 Å². The number of thiocarbonyl (C=S) groups is 1. The van der Waals surface area contributed by atoms with Gasteiger partial charge in [0, 0.05) is 11.0 Å². The van der Waals surface area contributed by atoms with E-state index < -0.39 is 0 Å². The number of halogens is 1. The Hall–Kier alpha value is -0.610. The predicted molar refractivity (Wildman–Crippen MR) is 69.6 cm³/mol. The van der Waals surface area contributed by atoms with E-state index in [1.54, 1.807) is 0 Å². The van der Waals surface area contributed by atoms with Crippen molar-refractivity contribution < 1.29 is 0 Å². The van der Waals surface area contributed by atoms with Crippen LogP contribution < -0.4 is 5.73 Å². The fraction of sp³-hybridized carbons (Fsp3) is 0.364. The lowest BCUT2D eigenvalue weighted by atomic mass is 10.1. The molecule has 0 bridgehead atoms. The van der Waals surface area contributed by atoms with E-state index >= 15 is 0 Å². The van der Waals surface area contributed by atoms with Gasteiger partial charge in [0.15, 0.2) is 5.11 Å². The zero-order chi connectivity index (χ0) is 10.8. The molecule has 1 unspecified atom stereocenters. The van der Waals surface area contributed by atoms with Crippen molar-refractivity contribution in [1.29, 1.82) is 0 Å². The highest BCUT2D eigenvalue weighted by Crippen LogP contribution is 2.32. The maximum absolute atomic E-state index is 5.70. The molecule has 1 aliphatic rings. The van der Waals surface area contributed by atoms with Gasteiger partial charge in [-0.1, -0.05) is 28.1 Å². The first-order chi connectivity index (χ1) is 7.18. The van der Waals surface area contributed by atoms with E-state index in [1.165, 1.54) is 5.56 Å². The van der Waals surface area contributed by atoms with E-state index in [2.05, 4.69) is 45.1 Å². The Morgan fingerprint density at radius 3 is 2.67 bits per heavy atom. The Balaban J connectivity index is 2.22. The molecule has 1 atom stereocenters. The zero-order valence-electron chi connectivity index (χ0n) is 8.32. The molecule has 80 valence electrons. The van der Waals surface area contributed by atoms with Crippen molar-refractivity contribution in [2.75, 3.05) is 6.54 Å². The first-order valence-corrected chi connectivity index (χ1v) is 6.20. The summed E-state index contributed by atoms with van der Waals surface area (Å²) in [5, 5.41) is 0.514. The number of hydrogen-bond donors (Lipinski definition) is 1. The second-order valence-corrected chi connectivity index (χ2v) is 5.08. The number of hydrogen-bond acceptors (Lipinski definition) is 1. The molecule has 1 aromatic rings. The van der Waals surface area contributed by atoms with Gasteiger partial charge in [-0.05, 0) is 42.8 Å². The lowest BCUT2D eigenvalue weighted by Gasteiger charge is -2.25. The molecule has 1 aromatic carbocycles. The summed E-state index contributed by atoms with van der Waals surface area (Å²) in [6.45, 7) is 0.982. The maximum Gasteiger partial charge on any atom is 0.166 e. The third-order valence-electron chi connectivity index (χ3n) is 2.79. The maximum atomic E-state index is 5.70. The molecule has 1 saturated heterocycles. The Bertz CT molecular complexity index is 363. The van der Waals surface area contributed by atoms with Crippen LogP contribution in [-0.2, 0) is 0 Å². The fourth-order valence-electron chi connectivity index (χ4n) is 2.06. The van der Waals surface area contributed by atoms with Crippen molar-refractivity contribution in [2.24, 2.45) is 5.73 Å². The molecule has 0 amide bonds. The molecule has 2 N–H and O–H groups in total. The first-order valence-electron chi connectivity index (χ1n) is 5.00. The molecule has 1 aliphatic heterocycles. The van der Waals surface area contributed by atoms with E-state index in [4.69, 9.17) is 18.0 Å². The largest absolute Gasteiger partial charge is 0.376 e. The summed E-state index contributed by atoms with van der Waals surface area (Å²) in [7, 11) is 0. The fourth-order valence-corrected chi connectivity index (χ4v) is 2.54. The molecule has 4 heteroatoms. The van der Waals surface area contributed by atoms with E-state index in [9.17, 15) is 0 Å². The van der Waals surface area contributed by atoms with Gasteiger partial charge in [0.2, 0.25) is 0 Å². The molecule has 0 spiro atoms. The summed E-state index contributed by atoms with van der Waals surface area (Å²) < 4.78 is 1.10. The Kier molecular flexibility index (Phi) is 3.26. The second-order valence-electron chi connectivity index (χ2n) is 3.74. The van der Waals surface area contributed by atoms with E-state index in [0.717, 1.165) is 23.9 Å². The highest BCUT2D eigenvalue weighted by Gasteiger charge is 2.26. The van der Waals surface area contributed by atoms with Crippen LogP contribution in [0.25, 0.3) is 0 Å². The van der Waals surface area contributed by atoms with Crippen LogP contribution in [0.1, 0.15) is 24.4 Å². The van der Waals surface area contributed by atoms with E-state index in [-0.39, 0.29) is 0 Å². The van der Waals surface area contributed by atoms with Gasteiger partial charge < -0.3 is 10.6 Å². The summed E-state index contributed by atoms with van der Waals surface area (Å²) in [6, 6.07) is 8.75. The Morgan fingerprint density at radius 1 is 1.40 bits per heavy atom. The van der Waals surface area contributed by atoms with Crippen LogP contribution in [0.4, 0.5) is 0 Å². The molecule has 0 saturated carbocycles. The number of nitrogens with zero attached hydrogens (tertiary/aromatic N) is 1. The van der Waals surface area contributed by atoms with Gasteiger partial charge in [-0.25, -0.2) is 0 Å². The average Bonchev–Trinajstić information content (AvgIpc) is 2.67. The first kappa shape index (κ1) is 10.9. The normalized spacial score (nSPS) is 20.6. The lowest BCUT2D eigenvalue weighted by molar-refractivity contribution is 0.403. The van der Waals surface area contributed by atoms with Gasteiger partial charge in [-0.2, -0.15) is 0 Å². The molecule has 1 fully saturated rings. The molecule has 15 heavy (non-hydrogen) atoms. The van der Waals surface area contributed by atoms with Crippen LogP contribution in [0.5, 0.6) is 0 Å². The van der Waals surface area contributed by atoms with Crippen molar-refractivity contribution in [2.45, 2.75) is 18.9 Å². The lowest BCUT2D eigenvalue weighted by Crippen LogP contribution is -2.34. The van der Waals surface area contributed by atoms with Gasteiger partial charge in [-0.15, -0.1) is 0 Å². The standard InChI is InChI=1S/C11H13BrN2S/c12-9-5-3-8(4-6-9)10-2-1-7-14(10)11(13)15/h3-6,10H,1-2,7H2,(H2,13,15). The van der Waals surface area contributed by atoms with Gasteiger partial charge in [0.1, 0.15) is 0 Å². The summed E-state index contributed by atoms with van der Waals surface area (Å²) in [5.41, 5.74) is 7.00. The van der Waals surface area contributed by atoms with Crippen molar-refractivity contribution in [3.63, 3.8) is 0 Å². The smallest absolute Gasteiger partial charge is 0.166 e. The number of likely N-dealkylation sites (tertiary alicyclic amines) is 1. The summed E-state index contributed by atoms with van der Waals surface area (Å²) in [4.78, 5) is 2.11. The van der Waals surface area contributed by atoms with E-state index in [0.29, 0.717) is 11.2 Å². The number of nitrogens with two attached hydrogens (primary N) is 1. The monoisotopic (exact) mass is 284 g/mol. The predicted octanol–water partition coefficient (Wildman–Crippen LogP) is 2.83. The van der Waals surface area contributed by atoms with Crippen molar-refractivity contribution in [3.8, 4) is 0 Å². The molecule has 2 nitrogen and oxygen atoms in total. The summed E-state index contributed by atoms with van der Waals surface area (Å²) in [5.74, 6) is 0. The Labute approximate surface area is 104 Å². The molecule has 0 radical (unpaired) electrons. The summed E-state index contributed by atoms with van der Waals surface area (Å²) >= 11 is 8.49. The number of rotatable bonds is 1. The minimum absolute atomic E-state index is 0.371. The topological polar surface area (TPSA) is 29.3 Å². The second kappa shape index (κ2) is 4.49. The minimum atomic E-state index is 0.371. The third-order valence-corrected chi connectivity index (χ3v) is 3.55. The van der Waals surface area contributed by atoms with Crippen LogP contribution in [0, 0.1) is 0 Å². The molecule has 0 aliphatic carbocycles. The third kappa shape index (κ3) is 2.32. The quantitative estimate of drug-likeness (QED) is 0.805. The van der Waals surface area contributed by atoms with Crippen molar-refractivity contribution >= 4 is 33.3 Å². The highest BCUT2D eigenvalue weighted by atomic mass is 79.9. The highest BCUT2D eigenvalue weighted by molar-refractivity contribution is 9.10. The minimum Gasteiger partial charge on any atom is -0.376 e.